The SMILES string of the molecule is CC(NCC1CN(C)CCO1)c1cncs1. The van der Waals surface area contributed by atoms with Crippen LogP contribution in [-0.4, -0.2) is 49.3 Å². The first-order valence-electron chi connectivity index (χ1n) is 5.67. The fourth-order valence-electron chi connectivity index (χ4n) is 1.84. The summed E-state index contributed by atoms with van der Waals surface area (Å²) in [6.07, 6.45) is 2.24. The molecule has 2 heterocycles. The summed E-state index contributed by atoms with van der Waals surface area (Å²) in [7, 11) is 2.14. The summed E-state index contributed by atoms with van der Waals surface area (Å²) in [5.41, 5.74) is 1.87. The summed E-state index contributed by atoms with van der Waals surface area (Å²) in [5.74, 6) is 0. The maximum Gasteiger partial charge on any atom is 0.0826 e. The first-order chi connectivity index (χ1) is 7.75. The van der Waals surface area contributed by atoms with Gasteiger partial charge in [0.2, 0.25) is 0 Å². The van der Waals surface area contributed by atoms with Gasteiger partial charge in [-0.25, -0.2) is 0 Å². The van der Waals surface area contributed by atoms with Gasteiger partial charge >= 0.3 is 0 Å². The highest BCUT2D eigenvalue weighted by Crippen LogP contribution is 2.16. The Morgan fingerprint density at radius 3 is 3.31 bits per heavy atom. The Labute approximate surface area is 101 Å². The predicted molar refractivity (Wildman–Crippen MR) is 65.8 cm³/mol. The Morgan fingerprint density at radius 1 is 1.75 bits per heavy atom. The second-order valence-electron chi connectivity index (χ2n) is 4.29. The van der Waals surface area contributed by atoms with E-state index in [0.717, 1.165) is 26.2 Å². The number of likely N-dealkylation sites (N-methyl/N-ethyl adjacent to an activating group) is 1. The smallest absolute Gasteiger partial charge is 0.0826 e. The van der Waals surface area contributed by atoms with Crippen molar-refractivity contribution in [2.24, 2.45) is 0 Å². The molecule has 1 aromatic rings. The van der Waals surface area contributed by atoms with E-state index in [0.29, 0.717) is 12.1 Å². The number of thiazole rings is 1. The number of hydrogen-bond acceptors (Lipinski definition) is 5. The Balaban J connectivity index is 1.74. The molecular formula is C11H19N3OS. The zero-order valence-electron chi connectivity index (χ0n) is 9.85. The highest BCUT2D eigenvalue weighted by Gasteiger charge is 2.18. The van der Waals surface area contributed by atoms with Gasteiger partial charge in [-0.15, -0.1) is 11.3 Å². The molecule has 90 valence electrons. The van der Waals surface area contributed by atoms with E-state index in [2.05, 4.69) is 29.2 Å². The van der Waals surface area contributed by atoms with Gasteiger partial charge in [0, 0.05) is 36.8 Å². The van der Waals surface area contributed by atoms with Crippen molar-refractivity contribution in [1.29, 1.82) is 0 Å². The van der Waals surface area contributed by atoms with Gasteiger partial charge in [0.05, 0.1) is 18.2 Å². The molecule has 1 aromatic heterocycles. The molecule has 1 saturated heterocycles. The molecule has 1 fully saturated rings. The van der Waals surface area contributed by atoms with Gasteiger partial charge in [-0.1, -0.05) is 0 Å². The van der Waals surface area contributed by atoms with E-state index in [9.17, 15) is 0 Å². The van der Waals surface area contributed by atoms with E-state index in [1.165, 1.54) is 4.88 Å². The first kappa shape index (κ1) is 12.0. The topological polar surface area (TPSA) is 37.4 Å². The van der Waals surface area contributed by atoms with Crippen molar-refractivity contribution in [2.45, 2.75) is 19.1 Å². The molecule has 0 amide bonds. The van der Waals surface area contributed by atoms with E-state index in [-0.39, 0.29) is 0 Å². The standard InChI is InChI=1S/C11H19N3OS/c1-9(11-6-12-8-16-11)13-5-10-7-14(2)3-4-15-10/h6,8-10,13H,3-5,7H2,1-2H3. The number of morpholine rings is 1. The number of aromatic nitrogens is 1. The van der Waals surface area contributed by atoms with E-state index < -0.39 is 0 Å². The summed E-state index contributed by atoms with van der Waals surface area (Å²) in [6, 6.07) is 0.364. The Bertz CT molecular complexity index is 304. The van der Waals surface area contributed by atoms with Crippen LogP contribution in [0.1, 0.15) is 17.8 Å². The highest BCUT2D eigenvalue weighted by molar-refractivity contribution is 7.09. The second kappa shape index (κ2) is 5.72. The van der Waals surface area contributed by atoms with E-state index in [1.54, 1.807) is 11.3 Å². The molecule has 1 aliphatic rings. The molecule has 5 heteroatoms. The summed E-state index contributed by atoms with van der Waals surface area (Å²) in [6.45, 7) is 5.98. The first-order valence-corrected chi connectivity index (χ1v) is 6.55. The van der Waals surface area contributed by atoms with Gasteiger partial charge < -0.3 is 15.0 Å². The Kier molecular flexibility index (Phi) is 4.29. The predicted octanol–water partition coefficient (Wildman–Crippen LogP) is 1.12. The van der Waals surface area contributed by atoms with Crippen molar-refractivity contribution in [2.75, 3.05) is 33.3 Å². The molecule has 2 atom stereocenters. The van der Waals surface area contributed by atoms with Crippen LogP contribution in [0.25, 0.3) is 0 Å². The van der Waals surface area contributed by atoms with Crippen LogP contribution in [0.2, 0.25) is 0 Å². The molecule has 1 aliphatic heterocycles. The van der Waals surface area contributed by atoms with Crippen LogP contribution in [0.4, 0.5) is 0 Å². The minimum atomic E-state index is 0.314. The molecule has 0 spiro atoms. The van der Waals surface area contributed by atoms with Gasteiger partial charge in [-0.2, -0.15) is 0 Å². The van der Waals surface area contributed by atoms with Gasteiger partial charge in [0.1, 0.15) is 0 Å². The van der Waals surface area contributed by atoms with E-state index in [4.69, 9.17) is 4.74 Å². The zero-order chi connectivity index (χ0) is 11.4. The summed E-state index contributed by atoms with van der Waals surface area (Å²) >= 11 is 1.69. The molecule has 2 unspecified atom stereocenters. The van der Waals surface area contributed by atoms with Crippen LogP contribution in [0.5, 0.6) is 0 Å². The monoisotopic (exact) mass is 241 g/mol. The number of hydrogen-bond donors (Lipinski definition) is 1. The van der Waals surface area contributed by atoms with Crippen molar-refractivity contribution in [3.8, 4) is 0 Å². The lowest BCUT2D eigenvalue weighted by Crippen LogP contribution is -2.45. The van der Waals surface area contributed by atoms with Gasteiger partial charge in [0.15, 0.2) is 0 Å². The van der Waals surface area contributed by atoms with Crippen LogP contribution < -0.4 is 5.32 Å². The van der Waals surface area contributed by atoms with Gasteiger partial charge in [-0.05, 0) is 14.0 Å². The molecule has 0 saturated carbocycles. The zero-order valence-corrected chi connectivity index (χ0v) is 10.7. The molecule has 0 bridgehead atoms. The van der Waals surface area contributed by atoms with E-state index in [1.807, 2.05) is 11.7 Å². The van der Waals surface area contributed by atoms with Gasteiger partial charge in [-0.3, -0.25) is 4.98 Å². The van der Waals surface area contributed by atoms with Crippen molar-refractivity contribution in [1.82, 2.24) is 15.2 Å². The van der Waals surface area contributed by atoms with Crippen molar-refractivity contribution in [3.63, 3.8) is 0 Å². The molecule has 16 heavy (non-hydrogen) atoms. The Morgan fingerprint density at radius 2 is 2.62 bits per heavy atom. The van der Waals surface area contributed by atoms with Crippen LogP contribution in [0.3, 0.4) is 0 Å². The third kappa shape index (κ3) is 3.25. The van der Waals surface area contributed by atoms with Crippen molar-refractivity contribution < 1.29 is 4.74 Å². The molecule has 0 radical (unpaired) electrons. The van der Waals surface area contributed by atoms with Crippen molar-refractivity contribution in [3.05, 3.63) is 16.6 Å². The average Bonchev–Trinajstić information content (AvgIpc) is 2.79. The van der Waals surface area contributed by atoms with Crippen molar-refractivity contribution >= 4 is 11.3 Å². The quantitative estimate of drug-likeness (QED) is 0.857. The summed E-state index contributed by atoms with van der Waals surface area (Å²) in [4.78, 5) is 7.68. The number of nitrogens with one attached hydrogen (secondary N) is 1. The molecule has 4 nitrogen and oxygen atoms in total. The average molecular weight is 241 g/mol. The van der Waals surface area contributed by atoms with E-state index >= 15 is 0 Å². The highest BCUT2D eigenvalue weighted by atomic mass is 32.1. The number of nitrogens with zero attached hydrogens (tertiary/aromatic N) is 2. The molecular weight excluding hydrogens is 222 g/mol. The van der Waals surface area contributed by atoms with Gasteiger partial charge in [0.25, 0.3) is 0 Å². The normalized spacial score (nSPS) is 24.5. The minimum absolute atomic E-state index is 0.314. The maximum atomic E-state index is 5.70. The molecule has 2 rings (SSSR count). The minimum Gasteiger partial charge on any atom is -0.374 e. The molecule has 0 aromatic carbocycles. The molecule has 1 N–H and O–H groups in total. The third-order valence-corrected chi connectivity index (χ3v) is 3.83. The summed E-state index contributed by atoms with van der Waals surface area (Å²) in [5, 5.41) is 3.49. The van der Waals surface area contributed by atoms with Crippen LogP contribution >= 0.6 is 11.3 Å². The van der Waals surface area contributed by atoms with Crippen LogP contribution in [0.15, 0.2) is 11.7 Å². The fourth-order valence-corrected chi connectivity index (χ4v) is 2.49. The number of rotatable bonds is 4. The number of ether oxygens (including phenoxy) is 1. The fraction of sp³-hybridized carbons (Fsp3) is 0.727. The van der Waals surface area contributed by atoms with Crippen LogP contribution in [0, 0.1) is 0 Å². The second-order valence-corrected chi connectivity index (χ2v) is 5.21. The lowest BCUT2D eigenvalue weighted by atomic mass is 10.2. The lowest BCUT2D eigenvalue weighted by molar-refractivity contribution is -0.0190. The third-order valence-electron chi connectivity index (χ3n) is 2.87. The summed E-state index contributed by atoms with van der Waals surface area (Å²) < 4.78 is 5.70. The maximum absolute atomic E-state index is 5.70. The lowest BCUT2D eigenvalue weighted by Gasteiger charge is -2.30. The van der Waals surface area contributed by atoms with Crippen LogP contribution in [-0.2, 0) is 4.74 Å². The Hall–Kier alpha value is -0.490. The molecule has 0 aliphatic carbocycles. The largest absolute Gasteiger partial charge is 0.374 e.